The molecule has 3 rings (SSSR count). The summed E-state index contributed by atoms with van der Waals surface area (Å²) in [5.74, 6) is 0.684. The van der Waals surface area contributed by atoms with Crippen LogP contribution in [0.5, 0.6) is 5.75 Å². The number of carbonyl (C=O) groups excluding carboxylic acids is 1. The van der Waals surface area contributed by atoms with E-state index in [2.05, 4.69) is 0 Å². The zero-order valence-corrected chi connectivity index (χ0v) is 15.5. The molecule has 2 aromatic carbocycles. The van der Waals surface area contributed by atoms with Crippen molar-refractivity contribution in [3.8, 4) is 5.75 Å². The van der Waals surface area contributed by atoms with Gasteiger partial charge in [-0.25, -0.2) is 0 Å². The van der Waals surface area contributed by atoms with Crippen molar-refractivity contribution in [2.24, 2.45) is 0 Å². The summed E-state index contributed by atoms with van der Waals surface area (Å²) >= 11 is 12.0. The molecule has 0 aliphatic carbocycles. The van der Waals surface area contributed by atoms with Crippen LogP contribution in [0.25, 0.3) is 0 Å². The Bertz CT molecular complexity index is 740. The first-order valence-electron chi connectivity index (χ1n) is 8.59. The minimum Gasteiger partial charge on any atom is -0.487 e. The van der Waals surface area contributed by atoms with Gasteiger partial charge in [-0.05, 0) is 48.7 Å². The number of hydrogen-bond donors (Lipinski definition) is 0. The van der Waals surface area contributed by atoms with Crippen LogP contribution in [0.1, 0.15) is 41.6 Å². The second-order valence-electron chi connectivity index (χ2n) is 6.27. The molecule has 0 aromatic heterocycles. The highest BCUT2D eigenvalue weighted by atomic mass is 35.5. The molecule has 3 nitrogen and oxygen atoms in total. The second kappa shape index (κ2) is 8.59. The third-order valence-electron chi connectivity index (χ3n) is 4.36. The molecule has 2 aromatic rings. The minimum atomic E-state index is 0.105. The van der Waals surface area contributed by atoms with Gasteiger partial charge in [0.1, 0.15) is 12.4 Å². The number of nitrogens with zero attached hydrogens (tertiary/aromatic N) is 1. The summed E-state index contributed by atoms with van der Waals surface area (Å²) in [6.07, 6.45) is 4.59. The van der Waals surface area contributed by atoms with E-state index in [9.17, 15) is 4.79 Å². The average Bonchev–Trinajstić information content (AvgIpc) is 2.90. The molecule has 0 radical (unpaired) electrons. The van der Waals surface area contributed by atoms with E-state index in [0.717, 1.165) is 31.5 Å². The molecule has 132 valence electrons. The van der Waals surface area contributed by atoms with Crippen LogP contribution in [-0.4, -0.2) is 23.9 Å². The number of hydrogen-bond acceptors (Lipinski definition) is 2. The maximum atomic E-state index is 12.7. The SMILES string of the molecule is O=C(c1cccc(COc2ccc(Cl)cc2Cl)c1)N1CCCCCC1. The van der Waals surface area contributed by atoms with E-state index < -0.39 is 0 Å². The van der Waals surface area contributed by atoms with Gasteiger partial charge < -0.3 is 9.64 Å². The van der Waals surface area contributed by atoms with Crippen LogP contribution >= 0.6 is 23.2 Å². The van der Waals surface area contributed by atoms with Crippen molar-refractivity contribution < 1.29 is 9.53 Å². The first-order chi connectivity index (χ1) is 12.1. The molecule has 1 aliphatic heterocycles. The predicted octanol–water partition coefficient (Wildman–Crippen LogP) is 5.59. The molecule has 1 amide bonds. The molecule has 1 fully saturated rings. The molecular formula is C20H21Cl2NO2. The maximum absolute atomic E-state index is 12.7. The number of amides is 1. The number of halogens is 2. The molecule has 25 heavy (non-hydrogen) atoms. The first kappa shape index (κ1) is 18.1. The van der Waals surface area contributed by atoms with Crippen molar-refractivity contribution >= 4 is 29.1 Å². The Morgan fingerprint density at radius 2 is 1.76 bits per heavy atom. The molecule has 5 heteroatoms. The van der Waals surface area contributed by atoms with Gasteiger partial charge in [0.25, 0.3) is 5.91 Å². The third-order valence-corrected chi connectivity index (χ3v) is 4.89. The van der Waals surface area contributed by atoms with Crippen LogP contribution in [0.2, 0.25) is 10.0 Å². The Morgan fingerprint density at radius 3 is 2.48 bits per heavy atom. The van der Waals surface area contributed by atoms with Gasteiger partial charge in [0.05, 0.1) is 5.02 Å². The van der Waals surface area contributed by atoms with Gasteiger partial charge in [-0.3, -0.25) is 4.79 Å². The second-order valence-corrected chi connectivity index (χ2v) is 7.11. The Balaban J connectivity index is 1.67. The van der Waals surface area contributed by atoms with E-state index in [1.807, 2.05) is 29.2 Å². The van der Waals surface area contributed by atoms with Crippen molar-refractivity contribution in [3.05, 3.63) is 63.6 Å². The van der Waals surface area contributed by atoms with Gasteiger partial charge in [0.2, 0.25) is 0 Å². The van der Waals surface area contributed by atoms with Crippen molar-refractivity contribution in [2.75, 3.05) is 13.1 Å². The largest absolute Gasteiger partial charge is 0.487 e. The fraction of sp³-hybridized carbons (Fsp3) is 0.350. The Morgan fingerprint density at radius 1 is 1.00 bits per heavy atom. The lowest BCUT2D eigenvalue weighted by Gasteiger charge is -2.20. The molecule has 0 bridgehead atoms. The summed E-state index contributed by atoms with van der Waals surface area (Å²) in [6, 6.07) is 12.7. The zero-order chi connectivity index (χ0) is 17.6. The Labute approximate surface area is 158 Å². The van der Waals surface area contributed by atoms with Crippen LogP contribution in [-0.2, 0) is 6.61 Å². The highest BCUT2D eigenvalue weighted by Crippen LogP contribution is 2.28. The molecule has 1 aliphatic rings. The van der Waals surface area contributed by atoms with Gasteiger partial charge >= 0.3 is 0 Å². The van der Waals surface area contributed by atoms with Crippen LogP contribution in [0.3, 0.4) is 0 Å². The summed E-state index contributed by atoms with van der Waals surface area (Å²) < 4.78 is 5.76. The maximum Gasteiger partial charge on any atom is 0.253 e. The third kappa shape index (κ3) is 4.90. The van der Waals surface area contributed by atoms with E-state index in [1.165, 1.54) is 12.8 Å². The van der Waals surface area contributed by atoms with Crippen molar-refractivity contribution in [2.45, 2.75) is 32.3 Å². The van der Waals surface area contributed by atoms with E-state index in [4.69, 9.17) is 27.9 Å². The zero-order valence-electron chi connectivity index (χ0n) is 14.0. The summed E-state index contributed by atoms with van der Waals surface area (Å²) in [6.45, 7) is 2.04. The van der Waals surface area contributed by atoms with Gasteiger partial charge in [-0.1, -0.05) is 48.2 Å². The molecule has 0 N–H and O–H groups in total. The topological polar surface area (TPSA) is 29.5 Å². The smallest absolute Gasteiger partial charge is 0.253 e. The van der Waals surface area contributed by atoms with Crippen LogP contribution in [0.4, 0.5) is 0 Å². The highest BCUT2D eigenvalue weighted by molar-refractivity contribution is 6.35. The Kier molecular flexibility index (Phi) is 6.22. The lowest BCUT2D eigenvalue weighted by molar-refractivity contribution is 0.0761. The molecular weight excluding hydrogens is 357 g/mol. The summed E-state index contributed by atoms with van der Waals surface area (Å²) in [7, 11) is 0. The van der Waals surface area contributed by atoms with E-state index >= 15 is 0 Å². The number of rotatable bonds is 4. The predicted molar refractivity (Wildman–Crippen MR) is 102 cm³/mol. The van der Waals surface area contributed by atoms with E-state index in [-0.39, 0.29) is 5.91 Å². The van der Waals surface area contributed by atoms with Gasteiger partial charge in [0, 0.05) is 23.7 Å². The van der Waals surface area contributed by atoms with Crippen molar-refractivity contribution in [1.29, 1.82) is 0 Å². The number of ether oxygens (including phenoxy) is 1. The van der Waals surface area contributed by atoms with Gasteiger partial charge in [0.15, 0.2) is 0 Å². The van der Waals surface area contributed by atoms with Gasteiger partial charge in [-0.2, -0.15) is 0 Å². The summed E-state index contributed by atoms with van der Waals surface area (Å²) in [5.41, 5.74) is 1.65. The van der Waals surface area contributed by atoms with E-state index in [0.29, 0.717) is 28.0 Å². The summed E-state index contributed by atoms with van der Waals surface area (Å²) in [5, 5.41) is 1.05. The van der Waals surface area contributed by atoms with Crippen LogP contribution in [0.15, 0.2) is 42.5 Å². The first-order valence-corrected chi connectivity index (χ1v) is 9.35. The molecule has 0 saturated carbocycles. The molecule has 1 heterocycles. The van der Waals surface area contributed by atoms with Crippen molar-refractivity contribution in [3.63, 3.8) is 0 Å². The standard InChI is InChI=1S/C20H21Cl2NO2/c21-17-8-9-19(18(22)13-17)25-14-15-6-5-7-16(12-15)20(24)23-10-3-1-2-4-11-23/h5-9,12-13H,1-4,10-11,14H2. The molecule has 1 saturated heterocycles. The van der Waals surface area contributed by atoms with E-state index in [1.54, 1.807) is 18.2 Å². The van der Waals surface area contributed by atoms with Gasteiger partial charge in [-0.15, -0.1) is 0 Å². The van der Waals surface area contributed by atoms with Crippen LogP contribution in [0, 0.1) is 0 Å². The molecule has 0 spiro atoms. The monoisotopic (exact) mass is 377 g/mol. The Hall–Kier alpha value is -1.71. The lowest BCUT2D eigenvalue weighted by Crippen LogP contribution is -2.31. The molecule has 0 unspecified atom stereocenters. The number of carbonyl (C=O) groups is 1. The fourth-order valence-corrected chi connectivity index (χ4v) is 3.47. The minimum absolute atomic E-state index is 0.105. The number of benzene rings is 2. The molecule has 0 atom stereocenters. The summed E-state index contributed by atoms with van der Waals surface area (Å²) in [4.78, 5) is 14.7. The quantitative estimate of drug-likeness (QED) is 0.694. The highest BCUT2D eigenvalue weighted by Gasteiger charge is 2.17. The number of likely N-dealkylation sites (tertiary alicyclic amines) is 1. The fourth-order valence-electron chi connectivity index (χ4n) is 3.00. The normalized spacial score (nSPS) is 14.9. The van der Waals surface area contributed by atoms with Crippen LogP contribution < -0.4 is 4.74 Å². The van der Waals surface area contributed by atoms with Crippen molar-refractivity contribution in [1.82, 2.24) is 4.90 Å². The lowest BCUT2D eigenvalue weighted by atomic mass is 10.1. The average molecular weight is 378 g/mol.